The van der Waals surface area contributed by atoms with Gasteiger partial charge in [0.05, 0.1) is 0 Å². The van der Waals surface area contributed by atoms with Gasteiger partial charge in [0.1, 0.15) is 5.76 Å². The van der Waals surface area contributed by atoms with Crippen LogP contribution in [0.4, 0.5) is 0 Å². The number of hydrogen-bond acceptors (Lipinski definition) is 4. The van der Waals surface area contributed by atoms with Crippen molar-refractivity contribution in [1.82, 2.24) is 10.1 Å². The van der Waals surface area contributed by atoms with Crippen LogP contribution in [0.25, 0.3) is 0 Å². The van der Waals surface area contributed by atoms with Crippen molar-refractivity contribution < 1.29 is 14.1 Å². The summed E-state index contributed by atoms with van der Waals surface area (Å²) in [6.07, 6.45) is 2.85. The van der Waals surface area contributed by atoms with Gasteiger partial charge in [-0.25, -0.2) is 0 Å². The van der Waals surface area contributed by atoms with Crippen molar-refractivity contribution in [3.63, 3.8) is 0 Å². The molecule has 0 bridgehead atoms. The molecule has 1 fully saturated rings. The number of Topliss-reactive ketones (excluding diaryl/α,β-unsaturated/α-hetero) is 1. The number of allylic oxidation sites excluding steroid dienone is 1. The number of ketones is 1. The normalized spacial score (nSPS) is 22.5. The summed E-state index contributed by atoms with van der Waals surface area (Å²) in [6.45, 7) is 10.8. The average molecular weight is 302 g/mol. The molecule has 2 aliphatic rings. The molecule has 1 spiro atoms. The van der Waals surface area contributed by atoms with Gasteiger partial charge in [0.15, 0.2) is 11.5 Å². The first-order valence-electron chi connectivity index (χ1n) is 7.62. The fraction of sp³-hybridized carbons (Fsp3) is 0.588. The molecule has 2 heterocycles. The molecule has 0 N–H and O–H groups in total. The summed E-state index contributed by atoms with van der Waals surface area (Å²) in [5.74, 6) is 0.810. The van der Waals surface area contributed by atoms with Crippen molar-refractivity contribution in [3.05, 3.63) is 28.7 Å². The SMILES string of the molecule is CC1=CC2(CN(C(=O)c3noc(C)c3C)C2)CC(C)(C)C1=O. The molecule has 1 saturated heterocycles. The second-order valence-electron chi connectivity index (χ2n) is 7.45. The predicted molar refractivity (Wildman–Crippen MR) is 81.5 cm³/mol. The van der Waals surface area contributed by atoms with E-state index in [1.807, 2.05) is 27.7 Å². The molecular formula is C17H22N2O3. The van der Waals surface area contributed by atoms with Crippen LogP contribution in [0.2, 0.25) is 0 Å². The Morgan fingerprint density at radius 3 is 2.41 bits per heavy atom. The van der Waals surface area contributed by atoms with Gasteiger partial charge in [0, 0.05) is 29.5 Å². The van der Waals surface area contributed by atoms with Crippen molar-refractivity contribution in [3.8, 4) is 0 Å². The van der Waals surface area contributed by atoms with E-state index in [9.17, 15) is 9.59 Å². The molecule has 5 heteroatoms. The fourth-order valence-corrected chi connectivity index (χ4v) is 3.90. The Labute approximate surface area is 130 Å². The van der Waals surface area contributed by atoms with E-state index in [2.05, 4.69) is 11.2 Å². The number of likely N-dealkylation sites (tertiary alicyclic amines) is 1. The molecule has 0 saturated carbocycles. The van der Waals surface area contributed by atoms with E-state index in [0.29, 0.717) is 24.5 Å². The zero-order valence-corrected chi connectivity index (χ0v) is 13.8. The molecule has 0 aromatic carbocycles. The van der Waals surface area contributed by atoms with Crippen LogP contribution in [0, 0.1) is 24.7 Å². The van der Waals surface area contributed by atoms with Crippen molar-refractivity contribution in [2.45, 2.75) is 41.0 Å². The molecule has 5 nitrogen and oxygen atoms in total. The molecule has 0 radical (unpaired) electrons. The molecule has 1 aromatic heterocycles. The van der Waals surface area contributed by atoms with Crippen LogP contribution in [-0.4, -0.2) is 34.8 Å². The first-order chi connectivity index (χ1) is 10.2. The van der Waals surface area contributed by atoms with Gasteiger partial charge in [-0.2, -0.15) is 0 Å². The molecule has 118 valence electrons. The third-order valence-electron chi connectivity index (χ3n) is 4.95. The summed E-state index contributed by atoms with van der Waals surface area (Å²) in [4.78, 5) is 26.5. The lowest BCUT2D eigenvalue weighted by Gasteiger charge is -2.53. The van der Waals surface area contributed by atoms with Gasteiger partial charge >= 0.3 is 0 Å². The highest BCUT2D eigenvalue weighted by Crippen LogP contribution is 2.48. The molecule has 0 atom stereocenters. The monoisotopic (exact) mass is 302 g/mol. The Balaban J connectivity index is 1.78. The number of amides is 1. The number of aromatic nitrogens is 1. The van der Waals surface area contributed by atoms with Gasteiger partial charge in [-0.05, 0) is 32.8 Å². The Bertz CT molecular complexity index is 691. The molecular weight excluding hydrogens is 280 g/mol. The maximum Gasteiger partial charge on any atom is 0.276 e. The lowest BCUT2D eigenvalue weighted by molar-refractivity contribution is -0.127. The molecule has 1 aliphatic carbocycles. The number of hydrogen-bond donors (Lipinski definition) is 0. The Kier molecular flexibility index (Phi) is 3.10. The second-order valence-corrected chi connectivity index (χ2v) is 7.45. The topological polar surface area (TPSA) is 63.4 Å². The van der Waals surface area contributed by atoms with Crippen LogP contribution in [0.5, 0.6) is 0 Å². The van der Waals surface area contributed by atoms with E-state index < -0.39 is 0 Å². The number of carbonyl (C=O) groups excluding carboxylic acids is 2. The fourth-order valence-electron chi connectivity index (χ4n) is 3.90. The van der Waals surface area contributed by atoms with Gasteiger partial charge in [-0.15, -0.1) is 0 Å². The predicted octanol–water partition coefficient (Wildman–Crippen LogP) is 2.68. The average Bonchev–Trinajstić information content (AvgIpc) is 2.72. The lowest BCUT2D eigenvalue weighted by atomic mass is 9.61. The van der Waals surface area contributed by atoms with E-state index in [0.717, 1.165) is 17.6 Å². The third kappa shape index (κ3) is 2.11. The number of carbonyl (C=O) groups is 2. The zero-order valence-electron chi connectivity index (χ0n) is 13.8. The lowest BCUT2D eigenvalue weighted by Crippen LogP contribution is -2.60. The quantitative estimate of drug-likeness (QED) is 0.800. The Morgan fingerprint density at radius 1 is 1.27 bits per heavy atom. The highest BCUT2D eigenvalue weighted by atomic mass is 16.5. The zero-order chi connectivity index (χ0) is 16.3. The summed E-state index contributed by atoms with van der Waals surface area (Å²) >= 11 is 0. The Hall–Kier alpha value is -1.91. The molecule has 22 heavy (non-hydrogen) atoms. The highest BCUT2D eigenvalue weighted by molar-refractivity contribution is 6.00. The number of nitrogens with zero attached hydrogens (tertiary/aromatic N) is 2. The van der Waals surface area contributed by atoms with Crippen molar-refractivity contribution in [2.24, 2.45) is 10.8 Å². The summed E-state index contributed by atoms with van der Waals surface area (Å²) < 4.78 is 5.08. The summed E-state index contributed by atoms with van der Waals surface area (Å²) in [7, 11) is 0. The van der Waals surface area contributed by atoms with Crippen molar-refractivity contribution >= 4 is 11.7 Å². The second kappa shape index (κ2) is 4.54. The maximum atomic E-state index is 12.5. The van der Waals surface area contributed by atoms with E-state index in [-0.39, 0.29) is 22.5 Å². The van der Waals surface area contributed by atoms with Gasteiger partial charge in [-0.1, -0.05) is 25.1 Å². The maximum absolute atomic E-state index is 12.5. The minimum absolute atomic E-state index is 0.0656. The Morgan fingerprint density at radius 2 is 1.91 bits per heavy atom. The minimum atomic E-state index is -0.353. The first kappa shape index (κ1) is 15.0. The van der Waals surface area contributed by atoms with Crippen molar-refractivity contribution in [1.29, 1.82) is 0 Å². The molecule has 1 aliphatic heterocycles. The first-order valence-corrected chi connectivity index (χ1v) is 7.62. The van der Waals surface area contributed by atoms with Gasteiger partial charge in [0.25, 0.3) is 5.91 Å². The van der Waals surface area contributed by atoms with Crippen LogP contribution in [-0.2, 0) is 4.79 Å². The number of rotatable bonds is 1. The largest absolute Gasteiger partial charge is 0.361 e. The van der Waals surface area contributed by atoms with Crippen LogP contribution in [0.1, 0.15) is 49.0 Å². The smallest absolute Gasteiger partial charge is 0.276 e. The van der Waals surface area contributed by atoms with E-state index >= 15 is 0 Å². The molecule has 1 aromatic rings. The van der Waals surface area contributed by atoms with Crippen LogP contribution < -0.4 is 0 Å². The van der Waals surface area contributed by atoms with Crippen LogP contribution in [0.15, 0.2) is 16.2 Å². The van der Waals surface area contributed by atoms with Crippen molar-refractivity contribution in [2.75, 3.05) is 13.1 Å². The summed E-state index contributed by atoms with van der Waals surface area (Å²) in [5.41, 5.74) is 1.60. The molecule has 1 amide bonds. The van der Waals surface area contributed by atoms with E-state index in [1.54, 1.807) is 11.8 Å². The number of aryl methyl sites for hydroxylation is 1. The minimum Gasteiger partial charge on any atom is -0.361 e. The van der Waals surface area contributed by atoms with Gasteiger partial charge < -0.3 is 9.42 Å². The molecule has 0 unspecified atom stereocenters. The van der Waals surface area contributed by atoms with Crippen LogP contribution in [0.3, 0.4) is 0 Å². The molecule has 3 rings (SSSR count). The van der Waals surface area contributed by atoms with Gasteiger partial charge in [-0.3, -0.25) is 9.59 Å². The third-order valence-corrected chi connectivity index (χ3v) is 4.95. The van der Waals surface area contributed by atoms with Gasteiger partial charge in [0.2, 0.25) is 0 Å². The standard InChI is InChI=1S/C17H22N2O3/c1-10-6-17(7-16(4,5)14(10)20)8-19(9-17)15(21)13-11(2)12(3)22-18-13/h6H,7-9H2,1-5H3. The van der Waals surface area contributed by atoms with Crippen LogP contribution >= 0.6 is 0 Å². The van der Waals surface area contributed by atoms with E-state index in [1.165, 1.54) is 0 Å². The summed E-state index contributed by atoms with van der Waals surface area (Å²) in [5, 5.41) is 3.87. The van der Waals surface area contributed by atoms with E-state index in [4.69, 9.17) is 4.52 Å². The highest BCUT2D eigenvalue weighted by Gasteiger charge is 2.51. The summed E-state index contributed by atoms with van der Waals surface area (Å²) in [6, 6.07) is 0.